The third-order valence-electron chi connectivity index (χ3n) is 2.66. The van der Waals surface area contributed by atoms with Crippen LogP contribution in [-0.2, 0) is 10.0 Å². The van der Waals surface area contributed by atoms with Crippen molar-refractivity contribution in [1.29, 1.82) is 0 Å². The molecule has 100 valence electrons. The minimum Gasteiger partial charge on any atom is -0.492 e. The van der Waals surface area contributed by atoms with Crippen LogP contribution in [0.25, 0.3) is 11.1 Å². The topological polar surface area (TPSA) is 69.4 Å². The normalized spacial score (nSPS) is 11.3. The van der Waals surface area contributed by atoms with E-state index in [2.05, 4.69) is 0 Å². The highest BCUT2D eigenvalue weighted by molar-refractivity contribution is 7.89. The maximum absolute atomic E-state index is 11.6. The van der Waals surface area contributed by atoms with E-state index in [1.54, 1.807) is 13.0 Å². The Bertz CT molecular complexity index is 666. The number of hydrogen-bond donors (Lipinski definition) is 1. The summed E-state index contributed by atoms with van der Waals surface area (Å²) in [4.78, 5) is 0.00991. The van der Waals surface area contributed by atoms with Gasteiger partial charge < -0.3 is 4.74 Å². The second-order valence-electron chi connectivity index (χ2n) is 4.01. The SMILES string of the molecule is CCOc1ccc(-c2ccccc2)cc1S(N)(=O)=O. The molecule has 0 aliphatic carbocycles. The number of benzene rings is 2. The third-order valence-corrected chi connectivity index (χ3v) is 3.59. The van der Waals surface area contributed by atoms with E-state index in [1.165, 1.54) is 6.07 Å². The van der Waals surface area contributed by atoms with Crippen LogP contribution in [0.15, 0.2) is 53.4 Å². The molecule has 2 aromatic rings. The van der Waals surface area contributed by atoms with E-state index in [9.17, 15) is 8.42 Å². The lowest BCUT2D eigenvalue weighted by atomic mass is 10.1. The van der Waals surface area contributed by atoms with E-state index in [0.29, 0.717) is 6.61 Å². The number of rotatable bonds is 4. The van der Waals surface area contributed by atoms with Gasteiger partial charge in [-0.3, -0.25) is 0 Å². The van der Waals surface area contributed by atoms with Crippen molar-refractivity contribution >= 4 is 10.0 Å². The maximum Gasteiger partial charge on any atom is 0.241 e. The van der Waals surface area contributed by atoms with Crippen molar-refractivity contribution in [1.82, 2.24) is 0 Å². The molecule has 0 bridgehead atoms. The fourth-order valence-electron chi connectivity index (χ4n) is 1.82. The summed E-state index contributed by atoms with van der Waals surface area (Å²) in [5.74, 6) is 0.282. The van der Waals surface area contributed by atoms with Crippen molar-refractivity contribution in [3.63, 3.8) is 0 Å². The molecule has 0 amide bonds. The molecule has 2 aromatic carbocycles. The van der Waals surface area contributed by atoms with E-state index in [1.807, 2.05) is 36.4 Å². The third kappa shape index (κ3) is 3.13. The van der Waals surface area contributed by atoms with E-state index in [0.717, 1.165) is 11.1 Å². The second-order valence-corrected chi connectivity index (χ2v) is 5.54. The highest BCUT2D eigenvalue weighted by Crippen LogP contribution is 2.29. The number of ether oxygens (including phenoxy) is 1. The molecule has 0 spiro atoms. The first-order chi connectivity index (χ1) is 9.02. The van der Waals surface area contributed by atoms with Crippen LogP contribution in [0.5, 0.6) is 5.75 Å². The van der Waals surface area contributed by atoms with E-state index >= 15 is 0 Å². The molecule has 19 heavy (non-hydrogen) atoms. The van der Waals surface area contributed by atoms with E-state index in [-0.39, 0.29) is 10.6 Å². The predicted molar refractivity (Wildman–Crippen MR) is 74.4 cm³/mol. The molecule has 2 rings (SSSR count). The van der Waals surface area contributed by atoms with Crippen LogP contribution in [0.4, 0.5) is 0 Å². The summed E-state index contributed by atoms with van der Waals surface area (Å²) in [6.45, 7) is 2.17. The van der Waals surface area contributed by atoms with Crippen LogP contribution in [0.1, 0.15) is 6.92 Å². The highest BCUT2D eigenvalue weighted by Gasteiger charge is 2.16. The zero-order valence-electron chi connectivity index (χ0n) is 10.5. The molecule has 0 unspecified atom stereocenters. The van der Waals surface area contributed by atoms with Crippen LogP contribution in [-0.4, -0.2) is 15.0 Å². The standard InChI is InChI=1S/C14H15NO3S/c1-2-18-13-9-8-12(10-14(13)19(15,16)17)11-6-4-3-5-7-11/h3-10H,2H2,1H3,(H2,15,16,17). The van der Waals surface area contributed by atoms with Crippen LogP contribution in [0.3, 0.4) is 0 Å². The van der Waals surface area contributed by atoms with Gasteiger partial charge >= 0.3 is 0 Å². The van der Waals surface area contributed by atoms with Crippen molar-refractivity contribution in [3.8, 4) is 16.9 Å². The zero-order chi connectivity index (χ0) is 13.9. The molecule has 0 aliphatic rings. The van der Waals surface area contributed by atoms with Crippen molar-refractivity contribution in [2.75, 3.05) is 6.61 Å². The Labute approximate surface area is 112 Å². The smallest absolute Gasteiger partial charge is 0.241 e. The molecule has 2 N–H and O–H groups in total. The van der Waals surface area contributed by atoms with Gasteiger partial charge in [0.25, 0.3) is 0 Å². The first-order valence-electron chi connectivity index (χ1n) is 5.87. The first-order valence-corrected chi connectivity index (χ1v) is 7.42. The van der Waals surface area contributed by atoms with Crippen LogP contribution in [0, 0.1) is 0 Å². The fourth-order valence-corrected chi connectivity index (χ4v) is 2.51. The molecule has 0 atom stereocenters. The van der Waals surface area contributed by atoms with Gasteiger partial charge in [0.15, 0.2) is 0 Å². The largest absolute Gasteiger partial charge is 0.492 e. The molecule has 0 saturated heterocycles. The maximum atomic E-state index is 11.6. The average molecular weight is 277 g/mol. The zero-order valence-corrected chi connectivity index (χ0v) is 11.4. The molecule has 0 radical (unpaired) electrons. The van der Waals surface area contributed by atoms with Gasteiger partial charge in [-0.1, -0.05) is 36.4 Å². The minimum atomic E-state index is -3.81. The van der Waals surface area contributed by atoms with Gasteiger partial charge in [-0.05, 0) is 30.2 Å². The van der Waals surface area contributed by atoms with Crippen molar-refractivity contribution in [2.45, 2.75) is 11.8 Å². The summed E-state index contributed by atoms with van der Waals surface area (Å²) < 4.78 is 28.5. The van der Waals surface area contributed by atoms with Crippen molar-refractivity contribution in [2.24, 2.45) is 5.14 Å². The second kappa shape index (κ2) is 5.42. The molecule has 0 aliphatic heterocycles. The Hall–Kier alpha value is -1.85. The molecule has 4 nitrogen and oxygen atoms in total. The Kier molecular flexibility index (Phi) is 3.87. The van der Waals surface area contributed by atoms with Gasteiger partial charge in [0, 0.05) is 0 Å². The van der Waals surface area contributed by atoms with Crippen molar-refractivity contribution < 1.29 is 13.2 Å². The number of hydrogen-bond acceptors (Lipinski definition) is 3. The molecule has 5 heteroatoms. The summed E-state index contributed by atoms with van der Waals surface area (Å²) in [5, 5.41) is 5.23. The Morgan fingerprint density at radius 3 is 2.32 bits per heavy atom. The van der Waals surface area contributed by atoms with Crippen LogP contribution < -0.4 is 9.88 Å². The van der Waals surface area contributed by atoms with E-state index in [4.69, 9.17) is 9.88 Å². The Balaban J connectivity index is 2.56. The van der Waals surface area contributed by atoms with Crippen LogP contribution >= 0.6 is 0 Å². The molecule has 0 aromatic heterocycles. The lowest BCUT2D eigenvalue weighted by molar-refractivity contribution is 0.331. The first kappa shape index (κ1) is 13.6. The Morgan fingerprint density at radius 1 is 1.05 bits per heavy atom. The van der Waals surface area contributed by atoms with Gasteiger partial charge in [-0.15, -0.1) is 0 Å². The van der Waals surface area contributed by atoms with Crippen molar-refractivity contribution in [3.05, 3.63) is 48.5 Å². The lowest BCUT2D eigenvalue weighted by Gasteiger charge is -2.10. The average Bonchev–Trinajstić information content (AvgIpc) is 2.39. The van der Waals surface area contributed by atoms with Crippen LogP contribution in [0.2, 0.25) is 0 Å². The summed E-state index contributed by atoms with van der Waals surface area (Å²) >= 11 is 0. The molecular formula is C14H15NO3S. The summed E-state index contributed by atoms with van der Waals surface area (Å²) in [7, 11) is -3.81. The van der Waals surface area contributed by atoms with Gasteiger partial charge in [0.05, 0.1) is 6.61 Å². The fraction of sp³-hybridized carbons (Fsp3) is 0.143. The molecule has 0 saturated carbocycles. The monoisotopic (exact) mass is 277 g/mol. The number of sulfonamides is 1. The quantitative estimate of drug-likeness (QED) is 0.933. The highest BCUT2D eigenvalue weighted by atomic mass is 32.2. The van der Waals surface area contributed by atoms with Gasteiger partial charge in [-0.2, -0.15) is 0 Å². The molecular weight excluding hydrogens is 262 g/mol. The summed E-state index contributed by atoms with van der Waals surface area (Å²) in [5.41, 5.74) is 1.71. The van der Waals surface area contributed by atoms with Gasteiger partial charge in [0.1, 0.15) is 10.6 Å². The molecule has 0 heterocycles. The molecule has 0 fully saturated rings. The predicted octanol–water partition coefficient (Wildman–Crippen LogP) is 2.40. The van der Waals surface area contributed by atoms with Gasteiger partial charge in [0.2, 0.25) is 10.0 Å². The summed E-state index contributed by atoms with van der Waals surface area (Å²) in [6, 6.07) is 14.5. The summed E-state index contributed by atoms with van der Waals surface area (Å²) in [6.07, 6.45) is 0. The minimum absolute atomic E-state index is 0.00991. The lowest BCUT2D eigenvalue weighted by Crippen LogP contribution is -2.14. The Morgan fingerprint density at radius 2 is 1.74 bits per heavy atom. The number of nitrogens with two attached hydrogens (primary N) is 1. The number of primary sulfonamides is 1. The van der Waals surface area contributed by atoms with E-state index < -0.39 is 10.0 Å². The van der Waals surface area contributed by atoms with Gasteiger partial charge in [-0.25, -0.2) is 13.6 Å².